The monoisotopic (exact) mass is 424 g/mol. The number of alkyl halides is 3. The molecule has 0 radical (unpaired) electrons. The highest BCUT2D eigenvalue weighted by molar-refractivity contribution is 5.79. The van der Waals surface area contributed by atoms with Gasteiger partial charge in [0.25, 0.3) is 0 Å². The second kappa shape index (κ2) is 9.82. The van der Waals surface area contributed by atoms with Crippen molar-refractivity contribution in [1.29, 1.82) is 0 Å². The first-order chi connectivity index (χ1) is 14.4. The lowest BCUT2D eigenvalue weighted by Gasteiger charge is -2.16. The van der Waals surface area contributed by atoms with Crippen LogP contribution in [-0.4, -0.2) is 40.1 Å². The molecule has 0 bridgehead atoms. The molecule has 2 heterocycles. The van der Waals surface area contributed by atoms with E-state index in [-0.39, 0.29) is 12.3 Å². The fraction of sp³-hybridized carbons (Fsp3) is 0.550. The maximum atomic E-state index is 12.6. The Morgan fingerprint density at radius 3 is 2.83 bits per heavy atom. The standard InChI is InChI=1S/C20H27F3N6O/c1-3-24-19(26-12-18-28-27-17-6-4-5-9-29(17)18)25-11-15-8-7-14(2)10-16(15)30-13-20(21,22)23/h7-8,10H,3-6,9,11-13H2,1-2H3,(H2,24,25,26). The number of nitrogens with one attached hydrogen (secondary N) is 2. The van der Waals surface area contributed by atoms with Crippen molar-refractivity contribution >= 4 is 5.96 Å². The van der Waals surface area contributed by atoms with Crippen LogP contribution in [-0.2, 0) is 26.1 Å². The fourth-order valence-electron chi connectivity index (χ4n) is 3.25. The van der Waals surface area contributed by atoms with Crippen molar-refractivity contribution in [2.45, 2.75) is 58.9 Å². The molecule has 0 aliphatic carbocycles. The number of halogens is 3. The predicted molar refractivity (Wildman–Crippen MR) is 107 cm³/mol. The van der Waals surface area contributed by atoms with Crippen LogP contribution in [0.25, 0.3) is 0 Å². The maximum Gasteiger partial charge on any atom is 0.422 e. The van der Waals surface area contributed by atoms with Gasteiger partial charge in [0.1, 0.15) is 11.6 Å². The topological polar surface area (TPSA) is 76.4 Å². The zero-order chi connectivity index (χ0) is 21.6. The van der Waals surface area contributed by atoms with Crippen LogP contribution >= 0.6 is 0 Å². The Labute approximate surface area is 173 Å². The van der Waals surface area contributed by atoms with E-state index in [2.05, 4.69) is 30.4 Å². The smallest absolute Gasteiger partial charge is 0.422 e. The van der Waals surface area contributed by atoms with E-state index in [1.807, 2.05) is 13.0 Å². The third kappa shape index (κ3) is 6.11. The fourth-order valence-corrected chi connectivity index (χ4v) is 3.25. The Kier molecular flexibility index (Phi) is 7.17. The average molecular weight is 424 g/mol. The highest BCUT2D eigenvalue weighted by Crippen LogP contribution is 2.24. The molecule has 0 fully saturated rings. The number of aliphatic imine (C=N–C) groups is 1. The van der Waals surface area contributed by atoms with Crippen molar-refractivity contribution < 1.29 is 17.9 Å². The summed E-state index contributed by atoms with van der Waals surface area (Å²) in [4.78, 5) is 4.51. The summed E-state index contributed by atoms with van der Waals surface area (Å²) in [6.45, 7) is 4.62. The van der Waals surface area contributed by atoms with E-state index < -0.39 is 12.8 Å². The van der Waals surface area contributed by atoms with Crippen LogP contribution in [0.5, 0.6) is 5.75 Å². The molecule has 0 amide bonds. The van der Waals surface area contributed by atoms with Crippen molar-refractivity contribution in [2.75, 3.05) is 13.2 Å². The minimum atomic E-state index is -4.39. The minimum Gasteiger partial charge on any atom is -0.484 e. The van der Waals surface area contributed by atoms with Crippen LogP contribution in [0.3, 0.4) is 0 Å². The molecule has 1 aliphatic rings. The lowest BCUT2D eigenvalue weighted by molar-refractivity contribution is -0.153. The molecule has 1 aliphatic heterocycles. The molecule has 164 valence electrons. The zero-order valence-electron chi connectivity index (χ0n) is 17.2. The molecule has 1 aromatic heterocycles. The number of benzene rings is 1. The van der Waals surface area contributed by atoms with Gasteiger partial charge in [0.05, 0.1) is 13.1 Å². The minimum absolute atomic E-state index is 0.181. The summed E-state index contributed by atoms with van der Waals surface area (Å²) in [6, 6.07) is 5.16. The van der Waals surface area contributed by atoms with Gasteiger partial charge in [0.15, 0.2) is 18.4 Å². The first-order valence-corrected chi connectivity index (χ1v) is 10.1. The second-order valence-electron chi connectivity index (χ2n) is 7.20. The second-order valence-corrected chi connectivity index (χ2v) is 7.20. The first-order valence-electron chi connectivity index (χ1n) is 10.1. The number of hydrogen-bond acceptors (Lipinski definition) is 4. The van der Waals surface area contributed by atoms with Gasteiger partial charge in [-0.05, 0) is 38.3 Å². The number of hydrogen-bond donors (Lipinski definition) is 2. The van der Waals surface area contributed by atoms with E-state index >= 15 is 0 Å². The van der Waals surface area contributed by atoms with Crippen molar-refractivity contribution in [1.82, 2.24) is 25.4 Å². The molecule has 0 saturated heterocycles. The number of aryl methyl sites for hydroxylation is 2. The van der Waals surface area contributed by atoms with Crippen LogP contribution in [0, 0.1) is 6.92 Å². The summed E-state index contributed by atoms with van der Waals surface area (Å²) in [5, 5.41) is 14.9. The highest BCUT2D eigenvalue weighted by Gasteiger charge is 2.28. The third-order valence-electron chi connectivity index (χ3n) is 4.72. The van der Waals surface area contributed by atoms with E-state index in [1.165, 1.54) is 0 Å². The number of rotatable bonds is 7. The normalized spacial score (nSPS) is 14.4. The van der Waals surface area contributed by atoms with Crippen LogP contribution in [0.2, 0.25) is 0 Å². The van der Waals surface area contributed by atoms with E-state index in [0.717, 1.165) is 43.0 Å². The number of guanidine groups is 1. The molecular formula is C20H27F3N6O. The molecule has 0 atom stereocenters. The van der Waals surface area contributed by atoms with Gasteiger partial charge in [-0.15, -0.1) is 10.2 Å². The quantitative estimate of drug-likeness (QED) is 0.528. The van der Waals surface area contributed by atoms with Crippen molar-refractivity contribution in [3.05, 3.63) is 41.0 Å². The summed E-state index contributed by atoms with van der Waals surface area (Å²) in [7, 11) is 0. The van der Waals surface area contributed by atoms with Crippen molar-refractivity contribution in [3.8, 4) is 5.75 Å². The Hall–Kier alpha value is -2.78. The molecule has 0 spiro atoms. The Bertz CT molecular complexity index is 878. The molecule has 0 unspecified atom stereocenters. The molecular weight excluding hydrogens is 397 g/mol. The van der Waals surface area contributed by atoms with Gasteiger partial charge in [0, 0.05) is 25.1 Å². The molecule has 7 nitrogen and oxygen atoms in total. The average Bonchev–Trinajstić information content (AvgIpc) is 3.12. The summed E-state index contributed by atoms with van der Waals surface area (Å²) in [5.41, 5.74) is 1.41. The lowest BCUT2D eigenvalue weighted by atomic mass is 10.1. The highest BCUT2D eigenvalue weighted by atomic mass is 19.4. The molecule has 3 rings (SSSR count). The molecule has 30 heavy (non-hydrogen) atoms. The zero-order valence-corrected chi connectivity index (χ0v) is 17.2. The van der Waals surface area contributed by atoms with Gasteiger partial charge in [-0.2, -0.15) is 13.2 Å². The van der Waals surface area contributed by atoms with E-state index in [4.69, 9.17) is 4.74 Å². The molecule has 2 aromatic rings. The molecule has 0 saturated carbocycles. The van der Waals surface area contributed by atoms with Gasteiger partial charge in [-0.3, -0.25) is 0 Å². The molecule has 10 heteroatoms. The van der Waals surface area contributed by atoms with Crippen LogP contribution in [0.4, 0.5) is 13.2 Å². The van der Waals surface area contributed by atoms with Gasteiger partial charge in [-0.25, -0.2) is 4.99 Å². The number of nitrogens with zero attached hydrogens (tertiary/aromatic N) is 4. The Morgan fingerprint density at radius 1 is 1.23 bits per heavy atom. The first kappa shape index (κ1) is 21.9. The predicted octanol–water partition coefficient (Wildman–Crippen LogP) is 3.12. The maximum absolute atomic E-state index is 12.6. The number of aromatic nitrogens is 3. The van der Waals surface area contributed by atoms with Crippen LogP contribution in [0.1, 0.15) is 42.5 Å². The van der Waals surface area contributed by atoms with Crippen molar-refractivity contribution in [2.24, 2.45) is 4.99 Å². The van der Waals surface area contributed by atoms with Crippen LogP contribution < -0.4 is 15.4 Å². The number of ether oxygens (including phenoxy) is 1. The number of fused-ring (bicyclic) bond motifs is 1. The van der Waals surface area contributed by atoms with E-state index in [0.29, 0.717) is 24.6 Å². The Morgan fingerprint density at radius 2 is 2.07 bits per heavy atom. The summed E-state index contributed by atoms with van der Waals surface area (Å²) in [6.07, 6.45) is -1.21. The lowest BCUT2D eigenvalue weighted by Crippen LogP contribution is -2.37. The van der Waals surface area contributed by atoms with Gasteiger partial charge >= 0.3 is 6.18 Å². The van der Waals surface area contributed by atoms with Crippen molar-refractivity contribution in [3.63, 3.8) is 0 Å². The Balaban J connectivity index is 1.68. The largest absolute Gasteiger partial charge is 0.484 e. The van der Waals surface area contributed by atoms with Gasteiger partial charge in [-0.1, -0.05) is 12.1 Å². The molecule has 2 N–H and O–H groups in total. The molecule has 1 aromatic carbocycles. The van der Waals surface area contributed by atoms with E-state index in [9.17, 15) is 13.2 Å². The summed E-state index contributed by atoms with van der Waals surface area (Å²) in [5.74, 6) is 2.59. The third-order valence-corrected chi connectivity index (χ3v) is 4.72. The van der Waals surface area contributed by atoms with Crippen LogP contribution in [0.15, 0.2) is 23.2 Å². The van der Waals surface area contributed by atoms with E-state index in [1.54, 1.807) is 19.1 Å². The summed E-state index contributed by atoms with van der Waals surface area (Å²) >= 11 is 0. The SMILES string of the molecule is CCNC(=NCc1ccc(C)cc1OCC(F)(F)F)NCc1nnc2n1CCCC2. The summed E-state index contributed by atoms with van der Waals surface area (Å²) < 4.78 is 44.8. The van der Waals surface area contributed by atoms with Gasteiger partial charge in [0.2, 0.25) is 0 Å². The van der Waals surface area contributed by atoms with Gasteiger partial charge < -0.3 is 19.9 Å².